The summed E-state index contributed by atoms with van der Waals surface area (Å²) in [6.45, 7) is 0.510. The molecule has 0 saturated carbocycles. The van der Waals surface area contributed by atoms with Crippen LogP contribution in [-0.4, -0.2) is 33.9 Å². The van der Waals surface area contributed by atoms with Crippen molar-refractivity contribution in [2.45, 2.75) is 37.0 Å². The third-order valence-electron chi connectivity index (χ3n) is 4.34. The Morgan fingerprint density at radius 1 is 0.933 bits per heavy atom. The van der Waals surface area contributed by atoms with Gasteiger partial charge in [-0.1, -0.05) is 12.8 Å². The van der Waals surface area contributed by atoms with E-state index in [1.54, 1.807) is 0 Å². The summed E-state index contributed by atoms with van der Waals surface area (Å²) in [5, 5.41) is 2.80. The maximum Gasteiger partial charge on any atom is 0.305 e. The van der Waals surface area contributed by atoms with Gasteiger partial charge in [0.05, 0.1) is 12.0 Å². The molecule has 30 heavy (non-hydrogen) atoms. The van der Waals surface area contributed by atoms with Gasteiger partial charge >= 0.3 is 5.97 Å². The maximum atomic E-state index is 13.0. The van der Waals surface area contributed by atoms with Crippen LogP contribution in [0.4, 0.5) is 10.1 Å². The van der Waals surface area contributed by atoms with Crippen LogP contribution in [0, 0.1) is 5.82 Å². The highest BCUT2D eigenvalue weighted by Gasteiger charge is 2.14. The predicted molar refractivity (Wildman–Crippen MR) is 111 cm³/mol. The first-order chi connectivity index (χ1) is 14.3. The Hall–Kier alpha value is -2.94. The highest BCUT2D eigenvalue weighted by molar-refractivity contribution is 7.92. The standard InChI is InChI=1S/C21H25FN2O5S/c1-29-20(25)6-4-2-3-5-15-23-21(26)16-7-11-18(12-8-16)24-30(27,28)19-13-9-17(22)10-14-19/h7-14,24H,2-6,15H2,1H3,(H,23,26). The molecular formula is C21H25FN2O5S. The number of anilines is 1. The van der Waals surface area contributed by atoms with E-state index in [0.29, 0.717) is 24.2 Å². The summed E-state index contributed by atoms with van der Waals surface area (Å²) in [5.41, 5.74) is 0.701. The van der Waals surface area contributed by atoms with Gasteiger partial charge in [0.15, 0.2) is 0 Å². The number of sulfonamides is 1. The lowest BCUT2D eigenvalue weighted by Gasteiger charge is -2.09. The third kappa shape index (κ3) is 7.47. The van der Waals surface area contributed by atoms with Crippen LogP contribution in [-0.2, 0) is 19.6 Å². The number of carbonyl (C=O) groups is 2. The molecule has 0 bridgehead atoms. The minimum Gasteiger partial charge on any atom is -0.469 e. The zero-order valence-corrected chi connectivity index (χ0v) is 17.5. The number of nitrogens with one attached hydrogen (secondary N) is 2. The van der Waals surface area contributed by atoms with Crippen LogP contribution in [0.1, 0.15) is 42.5 Å². The predicted octanol–water partition coefficient (Wildman–Crippen LogP) is 3.48. The molecule has 0 atom stereocenters. The van der Waals surface area contributed by atoms with E-state index < -0.39 is 15.8 Å². The normalized spacial score (nSPS) is 11.0. The van der Waals surface area contributed by atoms with Crippen molar-refractivity contribution in [3.8, 4) is 0 Å². The number of esters is 1. The van der Waals surface area contributed by atoms with E-state index in [-0.39, 0.29) is 16.8 Å². The molecule has 0 unspecified atom stereocenters. The fraction of sp³-hybridized carbons (Fsp3) is 0.333. The molecule has 2 rings (SSSR count). The monoisotopic (exact) mass is 436 g/mol. The van der Waals surface area contributed by atoms with Gasteiger partial charge in [-0.3, -0.25) is 14.3 Å². The summed E-state index contributed by atoms with van der Waals surface area (Å²) in [6.07, 6.45) is 3.73. The van der Waals surface area contributed by atoms with Crippen molar-refractivity contribution in [3.63, 3.8) is 0 Å². The molecule has 2 N–H and O–H groups in total. The molecule has 7 nitrogen and oxygen atoms in total. The summed E-state index contributed by atoms with van der Waals surface area (Å²) < 4.78 is 44.5. The van der Waals surface area contributed by atoms with Crippen molar-refractivity contribution in [2.75, 3.05) is 18.4 Å². The molecule has 0 fully saturated rings. The lowest BCUT2D eigenvalue weighted by Crippen LogP contribution is -2.24. The number of hydrogen-bond acceptors (Lipinski definition) is 5. The Morgan fingerprint density at radius 3 is 2.20 bits per heavy atom. The van der Waals surface area contributed by atoms with Gasteiger partial charge in [0, 0.05) is 24.2 Å². The number of carbonyl (C=O) groups excluding carboxylic acids is 2. The fourth-order valence-electron chi connectivity index (χ4n) is 2.67. The molecule has 0 saturated heterocycles. The zero-order chi connectivity index (χ0) is 22.0. The van der Waals surface area contributed by atoms with Crippen LogP contribution in [0.2, 0.25) is 0 Å². The average molecular weight is 437 g/mol. The summed E-state index contributed by atoms with van der Waals surface area (Å²) in [5.74, 6) is -0.991. The van der Waals surface area contributed by atoms with Gasteiger partial charge < -0.3 is 10.1 Å². The second-order valence-electron chi connectivity index (χ2n) is 6.63. The number of unbranched alkanes of at least 4 members (excludes halogenated alkanes) is 3. The molecule has 0 aliphatic rings. The lowest BCUT2D eigenvalue weighted by molar-refractivity contribution is -0.140. The van der Waals surface area contributed by atoms with E-state index >= 15 is 0 Å². The first-order valence-corrected chi connectivity index (χ1v) is 11.0. The van der Waals surface area contributed by atoms with Crippen molar-refractivity contribution in [1.29, 1.82) is 0 Å². The van der Waals surface area contributed by atoms with Crippen LogP contribution in [0.15, 0.2) is 53.4 Å². The van der Waals surface area contributed by atoms with Crippen LogP contribution in [0.5, 0.6) is 0 Å². The Morgan fingerprint density at radius 2 is 1.57 bits per heavy atom. The van der Waals surface area contributed by atoms with Crippen LogP contribution in [0.3, 0.4) is 0 Å². The van der Waals surface area contributed by atoms with Crippen LogP contribution < -0.4 is 10.0 Å². The molecule has 0 heterocycles. The largest absolute Gasteiger partial charge is 0.469 e. The molecular weight excluding hydrogens is 411 g/mol. The minimum atomic E-state index is -3.84. The number of methoxy groups -OCH3 is 1. The van der Waals surface area contributed by atoms with E-state index in [4.69, 9.17) is 0 Å². The van der Waals surface area contributed by atoms with Gasteiger partial charge in [-0.25, -0.2) is 12.8 Å². The van der Waals surface area contributed by atoms with Gasteiger partial charge in [0.25, 0.3) is 15.9 Å². The van der Waals surface area contributed by atoms with E-state index in [9.17, 15) is 22.4 Å². The fourth-order valence-corrected chi connectivity index (χ4v) is 3.73. The number of benzene rings is 2. The third-order valence-corrected chi connectivity index (χ3v) is 5.74. The molecule has 0 aliphatic heterocycles. The van der Waals surface area contributed by atoms with Crippen molar-refractivity contribution < 1.29 is 27.1 Å². The van der Waals surface area contributed by atoms with Crippen molar-refractivity contribution in [1.82, 2.24) is 5.32 Å². The molecule has 1 amide bonds. The Labute approximate surface area is 175 Å². The Bertz CT molecular complexity index is 944. The topological polar surface area (TPSA) is 102 Å². The van der Waals surface area contributed by atoms with E-state index in [1.165, 1.54) is 43.5 Å². The van der Waals surface area contributed by atoms with E-state index in [2.05, 4.69) is 14.8 Å². The van der Waals surface area contributed by atoms with Crippen molar-refractivity contribution in [3.05, 3.63) is 59.9 Å². The SMILES string of the molecule is COC(=O)CCCCCCNC(=O)c1ccc(NS(=O)(=O)c2ccc(F)cc2)cc1. The zero-order valence-electron chi connectivity index (χ0n) is 16.7. The number of ether oxygens (including phenoxy) is 1. The number of hydrogen-bond donors (Lipinski definition) is 2. The smallest absolute Gasteiger partial charge is 0.305 e. The lowest BCUT2D eigenvalue weighted by atomic mass is 10.1. The minimum absolute atomic E-state index is 0.0581. The molecule has 0 radical (unpaired) electrons. The van der Waals surface area contributed by atoms with E-state index in [0.717, 1.165) is 37.8 Å². The van der Waals surface area contributed by atoms with Gasteiger partial charge in [-0.15, -0.1) is 0 Å². The second-order valence-corrected chi connectivity index (χ2v) is 8.32. The Kier molecular flexibility index (Phi) is 8.79. The summed E-state index contributed by atoms with van der Waals surface area (Å²) in [4.78, 5) is 23.1. The van der Waals surface area contributed by atoms with Crippen LogP contribution in [0.25, 0.3) is 0 Å². The molecule has 162 valence electrons. The van der Waals surface area contributed by atoms with Crippen molar-refractivity contribution in [2.24, 2.45) is 0 Å². The maximum absolute atomic E-state index is 13.0. The number of amides is 1. The highest BCUT2D eigenvalue weighted by Crippen LogP contribution is 2.17. The average Bonchev–Trinajstić information content (AvgIpc) is 2.73. The number of halogens is 1. The molecule has 0 aromatic heterocycles. The highest BCUT2D eigenvalue weighted by atomic mass is 32.2. The Balaban J connectivity index is 1.77. The molecule has 9 heteroatoms. The first-order valence-electron chi connectivity index (χ1n) is 9.55. The summed E-state index contributed by atoms with van der Waals surface area (Å²) in [7, 11) is -2.48. The number of rotatable bonds is 11. The van der Waals surface area contributed by atoms with Gasteiger partial charge in [0.1, 0.15) is 5.82 Å². The van der Waals surface area contributed by atoms with Gasteiger partial charge in [-0.2, -0.15) is 0 Å². The molecule has 2 aromatic rings. The second kappa shape index (κ2) is 11.3. The van der Waals surface area contributed by atoms with Crippen LogP contribution >= 0.6 is 0 Å². The summed E-state index contributed by atoms with van der Waals surface area (Å²) in [6, 6.07) is 10.5. The van der Waals surface area contributed by atoms with Gasteiger partial charge in [0.2, 0.25) is 0 Å². The molecule has 0 spiro atoms. The summed E-state index contributed by atoms with van der Waals surface area (Å²) >= 11 is 0. The van der Waals surface area contributed by atoms with Crippen molar-refractivity contribution >= 4 is 27.6 Å². The van der Waals surface area contributed by atoms with Gasteiger partial charge in [-0.05, 0) is 61.4 Å². The molecule has 0 aliphatic carbocycles. The van der Waals surface area contributed by atoms with E-state index in [1.807, 2.05) is 0 Å². The quantitative estimate of drug-likeness (QED) is 0.415. The first kappa shape index (κ1) is 23.3. The molecule has 2 aromatic carbocycles.